The molecule has 108 valence electrons. The maximum atomic E-state index is 12.9. The van der Waals surface area contributed by atoms with Gasteiger partial charge in [-0.3, -0.25) is 14.4 Å². The van der Waals surface area contributed by atoms with E-state index < -0.39 is 11.3 Å². The van der Waals surface area contributed by atoms with Crippen LogP contribution in [-0.4, -0.2) is 17.3 Å². The monoisotopic (exact) mass is 282 g/mol. The lowest BCUT2D eigenvalue weighted by Crippen LogP contribution is -2.49. The number of allylic oxidation sites excluding steroid dienone is 2. The normalized spacial score (nSPS) is 28.6. The Morgan fingerprint density at radius 1 is 1.00 bits per heavy atom. The van der Waals surface area contributed by atoms with Gasteiger partial charge in [0.15, 0.2) is 5.78 Å². The molecule has 3 rings (SSSR count). The van der Waals surface area contributed by atoms with Gasteiger partial charge in [0.05, 0.1) is 0 Å². The fraction of sp³-hybridized carbons (Fsp3) is 0.389. The van der Waals surface area contributed by atoms with E-state index in [9.17, 15) is 14.4 Å². The summed E-state index contributed by atoms with van der Waals surface area (Å²) < 4.78 is 0. The summed E-state index contributed by atoms with van der Waals surface area (Å²) in [5.41, 5.74) is -0.581. The largest absolute Gasteiger partial charge is 0.299 e. The van der Waals surface area contributed by atoms with Crippen molar-refractivity contribution in [2.75, 3.05) is 0 Å². The second-order valence-electron chi connectivity index (χ2n) is 6.08. The molecular formula is C18H18O3. The molecule has 0 radical (unpaired) electrons. The molecule has 0 heterocycles. The number of carbonyl (C=O) groups is 3. The minimum Gasteiger partial charge on any atom is -0.299 e. The van der Waals surface area contributed by atoms with E-state index in [-0.39, 0.29) is 29.2 Å². The third-order valence-corrected chi connectivity index (χ3v) is 5.13. The lowest BCUT2D eigenvalue weighted by molar-refractivity contribution is -0.142. The van der Waals surface area contributed by atoms with Gasteiger partial charge in [-0.05, 0) is 32.1 Å². The third kappa shape index (κ3) is 1.76. The van der Waals surface area contributed by atoms with Crippen LogP contribution in [-0.2, 0) is 9.59 Å². The summed E-state index contributed by atoms with van der Waals surface area (Å²) in [5, 5.41) is 0. The van der Waals surface area contributed by atoms with E-state index in [1.54, 1.807) is 24.3 Å². The number of rotatable bonds is 4. The van der Waals surface area contributed by atoms with Crippen molar-refractivity contribution in [1.82, 2.24) is 0 Å². The number of Topliss-reactive ketones (excluding diaryl/α,β-unsaturated/α-hetero) is 3. The van der Waals surface area contributed by atoms with Crippen molar-refractivity contribution in [2.45, 2.75) is 20.3 Å². The van der Waals surface area contributed by atoms with Gasteiger partial charge in [0.25, 0.3) is 0 Å². The van der Waals surface area contributed by atoms with Crippen LogP contribution in [0.3, 0.4) is 0 Å². The quantitative estimate of drug-likeness (QED) is 0.485. The molecule has 3 nitrogen and oxygen atoms in total. The predicted molar refractivity (Wildman–Crippen MR) is 78.8 cm³/mol. The third-order valence-electron chi connectivity index (χ3n) is 5.13. The van der Waals surface area contributed by atoms with Crippen LogP contribution in [0.25, 0.3) is 0 Å². The summed E-state index contributed by atoms with van der Waals surface area (Å²) in [6.45, 7) is 2.89. The lowest BCUT2D eigenvalue weighted by Gasteiger charge is -2.37. The standard InChI is InChI=1S/C18H18O3/c1-11(19)18(12(2)20)15-9-8-14(10-15)16(18)17(21)13-6-4-3-5-7-13/h3-9,14-16H,10H2,1-2H3/t14-,15+,16-/m1/s1. The Morgan fingerprint density at radius 3 is 2.19 bits per heavy atom. The maximum Gasteiger partial charge on any atom is 0.168 e. The molecule has 1 saturated carbocycles. The highest BCUT2D eigenvalue weighted by Gasteiger charge is 2.63. The lowest BCUT2D eigenvalue weighted by atomic mass is 9.61. The van der Waals surface area contributed by atoms with E-state index >= 15 is 0 Å². The summed E-state index contributed by atoms with van der Waals surface area (Å²) in [5.74, 6) is -1.13. The molecule has 1 aromatic rings. The zero-order valence-corrected chi connectivity index (χ0v) is 12.2. The van der Waals surface area contributed by atoms with Gasteiger partial charge in [0.1, 0.15) is 17.0 Å². The highest BCUT2D eigenvalue weighted by Crippen LogP contribution is 2.58. The van der Waals surface area contributed by atoms with Crippen LogP contribution < -0.4 is 0 Å². The molecule has 2 bridgehead atoms. The molecule has 0 amide bonds. The zero-order chi connectivity index (χ0) is 15.2. The molecule has 21 heavy (non-hydrogen) atoms. The van der Waals surface area contributed by atoms with Crippen LogP contribution >= 0.6 is 0 Å². The number of hydrogen-bond acceptors (Lipinski definition) is 3. The van der Waals surface area contributed by atoms with Gasteiger partial charge in [-0.15, -0.1) is 0 Å². The molecule has 0 unspecified atom stereocenters. The number of carbonyl (C=O) groups excluding carboxylic acids is 3. The number of fused-ring (bicyclic) bond motifs is 2. The number of ketones is 3. The van der Waals surface area contributed by atoms with Crippen molar-refractivity contribution in [3.8, 4) is 0 Å². The van der Waals surface area contributed by atoms with Gasteiger partial charge in [0, 0.05) is 11.5 Å². The van der Waals surface area contributed by atoms with Gasteiger partial charge in [-0.1, -0.05) is 42.5 Å². The van der Waals surface area contributed by atoms with Crippen LogP contribution in [0.4, 0.5) is 0 Å². The maximum absolute atomic E-state index is 12.9. The molecule has 0 aliphatic heterocycles. The zero-order valence-electron chi connectivity index (χ0n) is 12.2. The summed E-state index contributed by atoms with van der Waals surface area (Å²) in [7, 11) is 0. The summed E-state index contributed by atoms with van der Waals surface area (Å²) >= 11 is 0. The Bertz CT molecular complexity index is 628. The van der Waals surface area contributed by atoms with Crippen molar-refractivity contribution in [3.05, 3.63) is 48.0 Å². The molecule has 1 aromatic carbocycles. The first-order valence-electron chi connectivity index (χ1n) is 7.29. The van der Waals surface area contributed by atoms with Crippen LogP contribution in [0.2, 0.25) is 0 Å². The molecule has 2 aliphatic carbocycles. The number of hydrogen-bond donors (Lipinski definition) is 0. The highest BCUT2D eigenvalue weighted by molar-refractivity contribution is 6.13. The SMILES string of the molecule is CC(=O)C1(C(C)=O)[C@H]2C=C[C@H](C2)[C@@H]1C(=O)c1ccccc1. The van der Waals surface area contributed by atoms with Crippen LogP contribution in [0, 0.1) is 23.2 Å². The molecule has 1 fully saturated rings. The molecule has 3 atom stereocenters. The van der Waals surface area contributed by atoms with Gasteiger partial charge in [-0.25, -0.2) is 0 Å². The smallest absolute Gasteiger partial charge is 0.168 e. The Kier molecular flexibility index (Phi) is 3.16. The van der Waals surface area contributed by atoms with E-state index in [4.69, 9.17) is 0 Å². The second kappa shape index (κ2) is 4.76. The number of benzene rings is 1. The molecule has 0 saturated heterocycles. The Balaban J connectivity index is 2.12. The van der Waals surface area contributed by atoms with Crippen molar-refractivity contribution >= 4 is 17.3 Å². The molecule has 0 N–H and O–H groups in total. The molecule has 3 heteroatoms. The summed E-state index contributed by atoms with van der Waals surface area (Å²) in [6, 6.07) is 8.96. The molecule has 0 aromatic heterocycles. The van der Waals surface area contributed by atoms with Gasteiger partial charge in [-0.2, -0.15) is 0 Å². The van der Waals surface area contributed by atoms with Gasteiger partial charge >= 0.3 is 0 Å². The van der Waals surface area contributed by atoms with Crippen molar-refractivity contribution in [2.24, 2.45) is 23.2 Å². The first kappa shape index (κ1) is 13.9. The Morgan fingerprint density at radius 2 is 1.62 bits per heavy atom. The highest BCUT2D eigenvalue weighted by atomic mass is 16.2. The average molecular weight is 282 g/mol. The fourth-order valence-corrected chi connectivity index (χ4v) is 4.27. The van der Waals surface area contributed by atoms with E-state index in [1.165, 1.54) is 13.8 Å². The van der Waals surface area contributed by atoms with Crippen molar-refractivity contribution < 1.29 is 14.4 Å². The Labute approximate surface area is 124 Å². The van der Waals surface area contributed by atoms with Gasteiger partial charge in [0.2, 0.25) is 0 Å². The minimum atomic E-state index is -1.16. The summed E-state index contributed by atoms with van der Waals surface area (Å²) in [6.07, 6.45) is 4.67. The first-order valence-corrected chi connectivity index (χ1v) is 7.29. The van der Waals surface area contributed by atoms with E-state index in [1.807, 2.05) is 18.2 Å². The average Bonchev–Trinajstić information content (AvgIpc) is 3.06. The van der Waals surface area contributed by atoms with Crippen LogP contribution in [0.5, 0.6) is 0 Å². The van der Waals surface area contributed by atoms with Crippen molar-refractivity contribution in [3.63, 3.8) is 0 Å². The summed E-state index contributed by atoms with van der Waals surface area (Å²) in [4.78, 5) is 37.6. The Hall–Kier alpha value is -2.03. The van der Waals surface area contributed by atoms with E-state index in [0.29, 0.717) is 5.56 Å². The second-order valence-corrected chi connectivity index (χ2v) is 6.08. The topological polar surface area (TPSA) is 51.2 Å². The fourth-order valence-electron chi connectivity index (χ4n) is 4.27. The molecular weight excluding hydrogens is 264 g/mol. The molecule has 2 aliphatic rings. The predicted octanol–water partition coefficient (Wildman–Crippen LogP) is 2.86. The first-order chi connectivity index (χ1) is 9.99. The van der Waals surface area contributed by atoms with Crippen LogP contribution in [0.15, 0.2) is 42.5 Å². The molecule has 0 spiro atoms. The van der Waals surface area contributed by atoms with E-state index in [2.05, 4.69) is 0 Å². The van der Waals surface area contributed by atoms with Crippen LogP contribution in [0.1, 0.15) is 30.6 Å². The minimum absolute atomic E-state index is 0.00416. The van der Waals surface area contributed by atoms with Gasteiger partial charge < -0.3 is 0 Å². The van der Waals surface area contributed by atoms with E-state index in [0.717, 1.165) is 6.42 Å². The van der Waals surface area contributed by atoms with Crippen molar-refractivity contribution in [1.29, 1.82) is 0 Å².